The highest BCUT2D eigenvalue weighted by atomic mass is 19.1. The highest BCUT2D eigenvalue weighted by molar-refractivity contribution is 5.91. The number of amides is 1. The second-order valence-electron chi connectivity index (χ2n) is 6.37. The molecule has 3 rings (SSSR count). The number of halogens is 1. The number of hydrogen-bond donors (Lipinski definition) is 0. The van der Waals surface area contributed by atoms with Crippen LogP contribution in [0.1, 0.15) is 22.5 Å². The topological polar surface area (TPSA) is 100 Å². The summed E-state index contributed by atoms with van der Waals surface area (Å²) in [5, 5.41) is 20.1. The van der Waals surface area contributed by atoms with Crippen molar-refractivity contribution >= 4 is 17.7 Å². The highest BCUT2D eigenvalue weighted by Crippen LogP contribution is 2.22. The van der Waals surface area contributed by atoms with Crippen LogP contribution in [0.25, 0.3) is 6.08 Å². The first-order valence-electron chi connectivity index (χ1n) is 8.88. The van der Waals surface area contributed by atoms with Gasteiger partial charge in [-0.1, -0.05) is 12.1 Å². The predicted molar refractivity (Wildman–Crippen MR) is 106 cm³/mol. The van der Waals surface area contributed by atoms with Gasteiger partial charge in [0.05, 0.1) is 41.5 Å². The Hall–Kier alpha value is -4.25. The summed E-state index contributed by atoms with van der Waals surface area (Å²) in [6.07, 6.45) is 4.34. The molecule has 2 aromatic carbocycles. The maximum atomic E-state index is 13.7. The first-order chi connectivity index (χ1) is 14.5. The normalized spacial score (nSPS) is 10.7. The van der Waals surface area contributed by atoms with E-state index in [-0.39, 0.29) is 24.3 Å². The average molecular weight is 405 g/mol. The molecule has 0 aliphatic heterocycles. The molecule has 7 nitrogen and oxygen atoms in total. The Bertz CT molecular complexity index is 1120. The lowest BCUT2D eigenvalue weighted by atomic mass is 10.1. The molecule has 0 unspecified atom stereocenters. The minimum absolute atomic E-state index is 0.0528. The number of hydrogen-bond acceptors (Lipinski definition) is 5. The summed E-state index contributed by atoms with van der Waals surface area (Å²) < 4.78 is 19.0. The van der Waals surface area contributed by atoms with Crippen molar-refractivity contribution in [2.45, 2.75) is 13.1 Å². The van der Waals surface area contributed by atoms with Crippen molar-refractivity contribution < 1.29 is 18.5 Å². The van der Waals surface area contributed by atoms with Crippen LogP contribution in [-0.4, -0.2) is 15.7 Å². The molecule has 0 N–H and O–H groups in total. The number of nitro benzene ring substituents is 1. The van der Waals surface area contributed by atoms with Crippen LogP contribution in [0.4, 0.5) is 10.1 Å². The lowest BCUT2D eigenvalue weighted by molar-refractivity contribution is -0.385. The van der Waals surface area contributed by atoms with E-state index in [2.05, 4.69) is 0 Å². The summed E-state index contributed by atoms with van der Waals surface area (Å²) in [6, 6.07) is 15.1. The van der Waals surface area contributed by atoms with Crippen molar-refractivity contribution in [3.8, 4) is 6.07 Å². The summed E-state index contributed by atoms with van der Waals surface area (Å²) in [5.74, 6) is -0.586. The minimum atomic E-state index is -0.630. The molecule has 0 aliphatic carbocycles. The van der Waals surface area contributed by atoms with E-state index in [1.54, 1.807) is 42.5 Å². The maximum Gasteiger partial charge on any atom is 0.274 e. The SMILES string of the molecule is N#Cc1ccc(/C=C/C(=O)N(Cc2ccco2)Cc2cc(F)ccc2[N+](=O)[O-])cc1. The van der Waals surface area contributed by atoms with E-state index >= 15 is 0 Å². The molecule has 150 valence electrons. The minimum Gasteiger partial charge on any atom is -0.467 e. The third-order valence-electron chi connectivity index (χ3n) is 4.30. The van der Waals surface area contributed by atoms with Crippen LogP contribution in [0.3, 0.4) is 0 Å². The largest absolute Gasteiger partial charge is 0.467 e. The molecule has 3 aromatic rings. The van der Waals surface area contributed by atoms with Crippen LogP contribution in [0.2, 0.25) is 0 Å². The lowest BCUT2D eigenvalue weighted by Gasteiger charge is -2.20. The number of nitrogens with zero attached hydrogens (tertiary/aromatic N) is 3. The summed E-state index contributed by atoms with van der Waals surface area (Å²) >= 11 is 0. The van der Waals surface area contributed by atoms with E-state index < -0.39 is 16.6 Å². The van der Waals surface area contributed by atoms with Gasteiger partial charge in [0, 0.05) is 12.1 Å². The van der Waals surface area contributed by atoms with Crippen molar-refractivity contribution in [3.63, 3.8) is 0 Å². The Morgan fingerprint density at radius 3 is 2.60 bits per heavy atom. The van der Waals surface area contributed by atoms with Gasteiger partial charge in [-0.2, -0.15) is 5.26 Å². The number of nitriles is 1. The molecule has 0 saturated carbocycles. The summed E-state index contributed by atoms with van der Waals surface area (Å²) in [5.41, 5.74) is 1.00. The van der Waals surface area contributed by atoms with Crippen LogP contribution < -0.4 is 0 Å². The first kappa shape index (κ1) is 20.5. The molecule has 0 saturated heterocycles. The van der Waals surface area contributed by atoms with Gasteiger partial charge in [0.15, 0.2) is 0 Å². The van der Waals surface area contributed by atoms with Crippen molar-refractivity contribution in [1.82, 2.24) is 4.90 Å². The van der Waals surface area contributed by atoms with Gasteiger partial charge in [-0.3, -0.25) is 14.9 Å². The molecule has 0 aliphatic rings. The Labute approximate surface area is 171 Å². The van der Waals surface area contributed by atoms with E-state index in [9.17, 15) is 19.3 Å². The molecule has 1 amide bonds. The van der Waals surface area contributed by atoms with Crippen LogP contribution in [0.15, 0.2) is 71.4 Å². The fraction of sp³-hybridized carbons (Fsp3) is 0.0909. The molecular formula is C22H16FN3O4. The van der Waals surface area contributed by atoms with Gasteiger partial charge in [0.1, 0.15) is 11.6 Å². The van der Waals surface area contributed by atoms with Gasteiger partial charge in [0.25, 0.3) is 5.69 Å². The zero-order valence-electron chi connectivity index (χ0n) is 15.7. The van der Waals surface area contributed by atoms with E-state index in [4.69, 9.17) is 9.68 Å². The van der Waals surface area contributed by atoms with Crippen LogP contribution in [0.5, 0.6) is 0 Å². The molecule has 1 heterocycles. The van der Waals surface area contributed by atoms with Gasteiger partial charge in [-0.05, 0) is 48.0 Å². The summed E-state index contributed by atoms with van der Waals surface area (Å²) in [7, 11) is 0. The zero-order valence-corrected chi connectivity index (χ0v) is 15.7. The Morgan fingerprint density at radius 2 is 1.97 bits per heavy atom. The highest BCUT2D eigenvalue weighted by Gasteiger charge is 2.20. The Morgan fingerprint density at radius 1 is 1.20 bits per heavy atom. The van der Waals surface area contributed by atoms with Gasteiger partial charge in [-0.25, -0.2) is 4.39 Å². The quantitative estimate of drug-likeness (QED) is 0.329. The molecule has 0 fully saturated rings. The monoisotopic (exact) mass is 405 g/mol. The second kappa shape index (κ2) is 9.30. The maximum absolute atomic E-state index is 13.7. The van der Waals surface area contributed by atoms with Crippen molar-refractivity contribution in [2.24, 2.45) is 0 Å². The number of nitro groups is 1. The molecule has 1 aromatic heterocycles. The smallest absolute Gasteiger partial charge is 0.274 e. The predicted octanol–water partition coefficient (Wildman–Crippen LogP) is 4.44. The fourth-order valence-corrected chi connectivity index (χ4v) is 2.81. The summed E-state index contributed by atoms with van der Waals surface area (Å²) in [4.78, 5) is 24.8. The molecule has 0 bridgehead atoms. The van der Waals surface area contributed by atoms with Gasteiger partial charge < -0.3 is 9.32 Å². The van der Waals surface area contributed by atoms with Crippen molar-refractivity contribution in [2.75, 3.05) is 0 Å². The third kappa shape index (κ3) is 5.17. The third-order valence-corrected chi connectivity index (χ3v) is 4.30. The van der Waals surface area contributed by atoms with E-state index in [0.29, 0.717) is 16.9 Å². The molecule has 0 atom stereocenters. The summed E-state index contributed by atoms with van der Waals surface area (Å²) in [6.45, 7) is -0.122. The van der Waals surface area contributed by atoms with Crippen molar-refractivity contribution in [3.05, 3.63) is 105 Å². The number of rotatable bonds is 7. The second-order valence-corrected chi connectivity index (χ2v) is 6.37. The van der Waals surface area contributed by atoms with Crippen LogP contribution in [0, 0.1) is 27.3 Å². The average Bonchev–Trinajstić information content (AvgIpc) is 3.25. The van der Waals surface area contributed by atoms with E-state index in [1.807, 2.05) is 6.07 Å². The molecule has 8 heteroatoms. The van der Waals surface area contributed by atoms with Gasteiger partial charge in [0.2, 0.25) is 5.91 Å². The van der Waals surface area contributed by atoms with Crippen LogP contribution >= 0.6 is 0 Å². The zero-order chi connectivity index (χ0) is 21.5. The van der Waals surface area contributed by atoms with E-state index in [1.165, 1.54) is 17.2 Å². The van der Waals surface area contributed by atoms with Crippen LogP contribution in [-0.2, 0) is 17.9 Å². The fourth-order valence-electron chi connectivity index (χ4n) is 2.81. The van der Waals surface area contributed by atoms with Crippen molar-refractivity contribution in [1.29, 1.82) is 5.26 Å². The number of furan rings is 1. The first-order valence-corrected chi connectivity index (χ1v) is 8.88. The molecular weight excluding hydrogens is 389 g/mol. The standard InChI is InChI=1S/C22H16FN3O4/c23-19-8-9-21(26(28)29)18(12-19)14-25(15-20-2-1-11-30-20)22(27)10-7-16-3-5-17(13-24)6-4-16/h1-12H,14-15H2/b10-7+. The van der Waals surface area contributed by atoms with Gasteiger partial charge >= 0.3 is 0 Å². The number of benzene rings is 2. The molecule has 30 heavy (non-hydrogen) atoms. The number of carbonyl (C=O) groups is 1. The van der Waals surface area contributed by atoms with Gasteiger partial charge in [-0.15, -0.1) is 0 Å². The lowest BCUT2D eigenvalue weighted by Crippen LogP contribution is -2.28. The Balaban J connectivity index is 1.86. The number of carbonyl (C=O) groups excluding carboxylic acids is 1. The molecule has 0 radical (unpaired) electrons. The van der Waals surface area contributed by atoms with E-state index in [0.717, 1.165) is 18.2 Å². The Kier molecular flexibility index (Phi) is 6.35. The molecule has 0 spiro atoms.